The Bertz CT molecular complexity index is 1150. The summed E-state index contributed by atoms with van der Waals surface area (Å²) in [6.07, 6.45) is 0.280. The molecule has 4 rings (SSSR count). The third kappa shape index (κ3) is 3.81. The Morgan fingerprint density at radius 2 is 1.46 bits per heavy atom. The van der Waals surface area contributed by atoms with Crippen molar-refractivity contribution in [2.45, 2.75) is 6.42 Å². The van der Waals surface area contributed by atoms with Crippen molar-refractivity contribution in [3.05, 3.63) is 108 Å². The third-order valence-corrected chi connectivity index (χ3v) is 4.51. The molecule has 0 saturated heterocycles. The number of carbonyl (C=O) groups is 2. The van der Waals surface area contributed by atoms with Crippen molar-refractivity contribution in [1.29, 1.82) is 0 Å². The number of hydrogen-bond donors (Lipinski definition) is 1. The molecule has 0 fully saturated rings. The first-order chi connectivity index (χ1) is 13.7. The molecule has 0 atom stereocenters. The SMILES string of the molecule is O=C(Nc1ccccc1C(=O)Cc1ccccc1)c1ccc2ccccc2n1. The van der Waals surface area contributed by atoms with E-state index in [4.69, 9.17) is 0 Å². The predicted octanol–water partition coefficient (Wildman–Crippen LogP) is 4.91. The number of Topliss-reactive ketones (excluding diaryl/α,β-unsaturated/α-hetero) is 1. The van der Waals surface area contributed by atoms with Crippen LogP contribution in [-0.4, -0.2) is 16.7 Å². The highest BCUT2D eigenvalue weighted by molar-refractivity contribution is 6.09. The number of hydrogen-bond acceptors (Lipinski definition) is 3. The predicted molar refractivity (Wildman–Crippen MR) is 111 cm³/mol. The number of nitrogens with one attached hydrogen (secondary N) is 1. The molecule has 4 heteroatoms. The van der Waals surface area contributed by atoms with E-state index >= 15 is 0 Å². The minimum absolute atomic E-state index is 0.0476. The Morgan fingerprint density at radius 3 is 2.32 bits per heavy atom. The lowest BCUT2D eigenvalue weighted by molar-refractivity contribution is 0.0994. The van der Waals surface area contributed by atoms with Gasteiger partial charge in [-0.25, -0.2) is 4.98 Å². The van der Waals surface area contributed by atoms with E-state index in [9.17, 15) is 9.59 Å². The number of anilines is 1. The van der Waals surface area contributed by atoms with E-state index in [0.717, 1.165) is 16.5 Å². The molecule has 0 saturated carbocycles. The normalized spacial score (nSPS) is 10.6. The molecule has 0 radical (unpaired) electrons. The maximum absolute atomic E-state index is 12.8. The summed E-state index contributed by atoms with van der Waals surface area (Å²) in [6, 6.07) is 27.8. The molecule has 0 aliphatic rings. The first-order valence-electron chi connectivity index (χ1n) is 9.04. The van der Waals surface area contributed by atoms with Gasteiger partial charge >= 0.3 is 0 Å². The van der Waals surface area contributed by atoms with Crippen LogP contribution < -0.4 is 5.32 Å². The monoisotopic (exact) mass is 366 g/mol. The van der Waals surface area contributed by atoms with Crippen molar-refractivity contribution >= 4 is 28.3 Å². The van der Waals surface area contributed by atoms with Crippen LogP contribution in [-0.2, 0) is 6.42 Å². The lowest BCUT2D eigenvalue weighted by Gasteiger charge is -2.10. The van der Waals surface area contributed by atoms with Crippen molar-refractivity contribution in [2.75, 3.05) is 5.32 Å². The largest absolute Gasteiger partial charge is 0.320 e. The molecule has 1 amide bonds. The van der Waals surface area contributed by atoms with Crippen LogP contribution in [0.5, 0.6) is 0 Å². The highest BCUT2D eigenvalue weighted by Crippen LogP contribution is 2.19. The lowest BCUT2D eigenvalue weighted by Crippen LogP contribution is -2.16. The van der Waals surface area contributed by atoms with Gasteiger partial charge in [-0.3, -0.25) is 9.59 Å². The van der Waals surface area contributed by atoms with E-state index < -0.39 is 0 Å². The number of pyridine rings is 1. The molecular weight excluding hydrogens is 348 g/mol. The van der Waals surface area contributed by atoms with Crippen LogP contribution in [0.4, 0.5) is 5.69 Å². The fourth-order valence-corrected chi connectivity index (χ4v) is 3.09. The zero-order valence-electron chi connectivity index (χ0n) is 15.1. The average Bonchev–Trinajstić information content (AvgIpc) is 2.74. The minimum atomic E-state index is -0.342. The van der Waals surface area contributed by atoms with Gasteiger partial charge in [0.2, 0.25) is 0 Å². The number of aromatic nitrogens is 1. The van der Waals surface area contributed by atoms with Gasteiger partial charge in [0.1, 0.15) is 5.69 Å². The van der Waals surface area contributed by atoms with Crippen LogP contribution in [0.15, 0.2) is 91.0 Å². The molecule has 0 aliphatic heterocycles. The molecule has 0 unspecified atom stereocenters. The van der Waals surface area contributed by atoms with Gasteiger partial charge in [-0.2, -0.15) is 0 Å². The number of para-hydroxylation sites is 2. The molecule has 4 nitrogen and oxygen atoms in total. The van der Waals surface area contributed by atoms with Crippen LogP contribution in [0.25, 0.3) is 10.9 Å². The summed E-state index contributed by atoms with van der Waals surface area (Å²) in [5.41, 5.74) is 2.97. The zero-order chi connectivity index (χ0) is 19.3. The van der Waals surface area contributed by atoms with Crippen LogP contribution >= 0.6 is 0 Å². The maximum Gasteiger partial charge on any atom is 0.274 e. The Balaban J connectivity index is 1.57. The number of ketones is 1. The summed E-state index contributed by atoms with van der Waals surface area (Å²) in [5.74, 6) is -0.390. The van der Waals surface area contributed by atoms with Crippen LogP contribution in [0.2, 0.25) is 0 Å². The molecule has 0 aliphatic carbocycles. The van der Waals surface area contributed by atoms with Gasteiger partial charge in [-0.05, 0) is 29.8 Å². The molecule has 3 aromatic carbocycles. The van der Waals surface area contributed by atoms with Gasteiger partial charge in [-0.15, -0.1) is 0 Å². The summed E-state index contributed by atoms with van der Waals surface area (Å²) in [6.45, 7) is 0. The zero-order valence-corrected chi connectivity index (χ0v) is 15.1. The van der Waals surface area contributed by atoms with E-state index in [-0.39, 0.29) is 18.1 Å². The van der Waals surface area contributed by atoms with Crippen molar-refractivity contribution in [3.63, 3.8) is 0 Å². The van der Waals surface area contributed by atoms with Gasteiger partial charge in [0.05, 0.1) is 11.2 Å². The molecule has 1 N–H and O–H groups in total. The van der Waals surface area contributed by atoms with Gasteiger partial charge < -0.3 is 5.32 Å². The van der Waals surface area contributed by atoms with Gasteiger partial charge in [0.15, 0.2) is 5.78 Å². The number of fused-ring (bicyclic) bond motifs is 1. The van der Waals surface area contributed by atoms with Gasteiger partial charge in [0.25, 0.3) is 5.91 Å². The van der Waals surface area contributed by atoms with Crippen LogP contribution in [0.1, 0.15) is 26.4 Å². The summed E-state index contributed by atoms with van der Waals surface area (Å²) >= 11 is 0. The standard InChI is InChI=1S/C24H18N2O2/c27-23(16-17-8-2-1-3-9-17)19-11-5-7-13-21(19)26-24(28)22-15-14-18-10-4-6-12-20(18)25-22/h1-15H,16H2,(H,26,28). The Labute approximate surface area is 162 Å². The van der Waals surface area contributed by atoms with Crippen molar-refractivity contribution in [2.24, 2.45) is 0 Å². The Morgan fingerprint density at radius 1 is 0.750 bits per heavy atom. The Kier molecular flexibility index (Phi) is 4.93. The second-order valence-electron chi connectivity index (χ2n) is 6.47. The quantitative estimate of drug-likeness (QED) is 0.511. The molecule has 4 aromatic rings. The summed E-state index contributed by atoms with van der Waals surface area (Å²) < 4.78 is 0. The van der Waals surface area contributed by atoms with Crippen LogP contribution in [0, 0.1) is 0 Å². The maximum atomic E-state index is 12.8. The molecular formula is C24H18N2O2. The number of amides is 1. The first-order valence-corrected chi connectivity index (χ1v) is 9.04. The molecule has 0 spiro atoms. The fourth-order valence-electron chi connectivity index (χ4n) is 3.09. The topological polar surface area (TPSA) is 59.1 Å². The molecule has 136 valence electrons. The molecule has 1 aromatic heterocycles. The van der Waals surface area contributed by atoms with E-state index in [1.54, 1.807) is 30.3 Å². The van der Waals surface area contributed by atoms with E-state index in [1.807, 2.05) is 60.7 Å². The number of carbonyl (C=O) groups excluding carboxylic acids is 2. The fraction of sp³-hybridized carbons (Fsp3) is 0.0417. The number of nitrogens with zero attached hydrogens (tertiary/aromatic N) is 1. The van der Waals surface area contributed by atoms with E-state index in [0.29, 0.717) is 16.9 Å². The summed E-state index contributed by atoms with van der Waals surface area (Å²) in [7, 11) is 0. The molecule has 28 heavy (non-hydrogen) atoms. The van der Waals surface area contributed by atoms with Crippen molar-refractivity contribution < 1.29 is 9.59 Å². The highest BCUT2D eigenvalue weighted by atomic mass is 16.2. The van der Waals surface area contributed by atoms with Crippen LogP contribution in [0.3, 0.4) is 0 Å². The second kappa shape index (κ2) is 7.84. The lowest BCUT2D eigenvalue weighted by atomic mass is 10.0. The van der Waals surface area contributed by atoms with Crippen molar-refractivity contribution in [1.82, 2.24) is 4.98 Å². The summed E-state index contributed by atoms with van der Waals surface area (Å²) in [5, 5.41) is 3.81. The smallest absolute Gasteiger partial charge is 0.274 e. The minimum Gasteiger partial charge on any atom is -0.320 e. The van der Waals surface area contributed by atoms with E-state index in [1.165, 1.54) is 0 Å². The number of benzene rings is 3. The highest BCUT2D eigenvalue weighted by Gasteiger charge is 2.15. The molecule has 1 heterocycles. The van der Waals surface area contributed by atoms with Crippen molar-refractivity contribution in [3.8, 4) is 0 Å². The third-order valence-electron chi connectivity index (χ3n) is 4.51. The summed E-state index contributed by atoms with van der Waals surface area (Å²) in [4.78, 5) is 29.9. The van der Waals surface area contributed by atoms with E-state index in [2.05, 4.69) is 10.3 Å². The first kappa shape index (κ1) is 17.6. The van der Waals surface area contributed by atoms with Gasteiger partial charge in [-0.1, -0.05) is 66.7 Å². The Hall–Kier alpha value is -3.79. The molecule has 0 bridgehead atoms. The number of rotatable bonds is 5. The average molecular weight is 366 g/mol. The second-order valence-corrected chi connectivity index (χ2v) is 6.47. The van der Waals surface area contributed by atoms with Gasteiger partial charge in [0, 0.05) is 17.4 Å².